The molecule has 0 radical (unpaired) electrons. The molecule has 0 aromatic carbocycles. The van der Waals surface area contributed by atoms with E-state index in [4.69, 9.17) is 4.74 Å². The molecule has 0 bridgehead atoms. The predicted octanol–water partition coefficient (Wildman–Crippen LogP) is 0.753. The van der Waals surface area contributed by atoms with Crippen molar-refractivity contribution >= 4 is 0 Å². The predicted molar refractivity (Wildman–Crippen MR) is 57.4 cm³/mol. The molecule has 2 fully saturated rings. The van der Waals surface area contributed by atoms with Crippen LogP contribution in [0.15, 0.2) is 0 Å². The van der Waals surface area contributed by atoms with E-state index in [1.165, 1.54) is 32.4 Å². The number of rotatable bonds is 4. The molecule has 2 heterocycles. The Hall–Kier alpha value is -0.120. The highest BCUT2D eigenvalue weighted by molar-refractivity contribution is 4.82. The Kier molecular flexibility index (Phi) is 3.79. The van der Waals surface area contributed by atoms with Crippen molar-refractivity contribution in [1.29, 1.82) is 0 Å². The highest BCUT2D eigenvalue weighted by Crippen LogP contribution is 2.16. The smallest absolute Gasteiger partial charge is 0.0703 e. The zero-order valence-electron chi connectivity index (χ0n) is 9.09. The summed E-state index contributed by atoms with van der Waals surface area (Å²) in [4.78, 5) is 0. The van der Waals surface area contributed by atoms with Gasteiger partial charge < -0.3 is 15.4 Å². The van der Waals surface area contributed by atoms with Crippen LogP contribution in [0.2, 0.25) is 0 Å². The largest absolute Gasteiger partial charge is 0.375 e. The number of hydrogen-bond acceptors (Lipinski definition) is 3. The summed E-state index contributed by atoms with van der Waals surface area (Å²) in [5.41, 5.74) is 0. The van der Waals surface area contributed by atoms with Gasteiger partial charge in [-0.05, 0) is 31.8 Å². The van der Waals surface area contributed by atoms with Crippen LogP contribution in [0.4, 0.5) is 0 Å². The summed E-state index contributed by atoms with van der Waals surface area (Å²) in [6.45, 7) is 6.59. The van der Waals surface area contributed by atoms with Crippen molar-refractivity contribution in [2.24, 2.45) is 5.92 Å². The van der Waals surface area contributed by atoms with Gasteiger partial charge in [0.2, 0.25) is 0 Å². The topological polar surface area (TPSA) is 33.3 Å². The second-order valence-electron chi connectivity index (χ2n) is 4.61. The van der Waals surface area contributed by atoms with Gasteiger partial charge in [-0.1, -0.05) is 13.3 Å². The van der Waals surface area contributed by atoms with Crippen LogP contribution in [0.3, 0.4) is 0 Å². The second kappa shape index (κ2) is 5.10. The van der Waals surface area contributed by atoms with E-state index < -0.39 is 0 Å². The normalized spacial score (nSPS) is 34.1. The lowest BCUT2D eigenvalue weighted by Crippen LogP contribution is -2.50. The fraction of sp³-hybridized carbons (Fsp3) is 1.00. The molecule has 2 atom stereocenters. The monoisotopic (exact) mass is 198 g/mol. The molecule has 3 heteroatoms. The molecule has 0 aliphatic carbocycles. The zero-order chi connectivity index (χ0) is 9.80. The molecule has 2 rings (SSSR count). The Morgan fingerprint density at radius 2 is 2.14 bits per heavy atom. The first-order valence-electron chi connectivity index (χ1n) is 5.94. The van der Waals surface area contributed by atoms with Crippen LogP contribution in [-0.4, -0.2) is 38.4 Å². The number of ether oxygens (including phenoxy) is 1. The molecule has 0 aromatic heterocycles. The van der Waals surface area contributed by atoms with Gasteiger partial charge in [0.15, 0.2) is 0 Å². The number of nitrogens with one attached hydrogen (secondary N) is 2. The third-order valence-corrected chi connectivity index (χ3v) is 3.27. The van der Waals surface area contributed by atoms with Crippen molar-refractivity contribution in [3.8, 4) is 0 Å². The molecule has 2 saturated heterocycles. The molecule has 0 saturated carbocycles. The molecule has 0 amide bonds. The molecule has 2 N–H and O–H groups in total. The van der Waals surface area contributed by atoms with Crippen molar-refractivity contribution in [3.63, 3.8) is 0 Å². The van der Waals surface area contributed by atoms with E-state index in [0.29, 0.717) is 12.1 Å². The molecule has 2 aliphatic heterocycles. The van der Waals surface area contributed by atoms with Gasteiger partial charge in [0, 0.05) is 12.6 Å². The summed E-state index contributed by atoms with van der Waals surface area (Å²) in [5.74, 6) is 0.865. The van der Waals surface area contributed by atoms with Gasteiger partial charge in [-0.15, -0.1) is 0 Å². The third-order valence-electron chi connectivity index (χ3n) is 3.27. The van der Waals surface area contributed by atoms with Gasteiger partial charge in [-0.2, -0.15) is 0 Å². The van der Waals surface area contributed by atoms with E-state index in [9.17, 15) is 0 Å². The fourth-order valence-electron chi connectivity index (χ4n) is 2.24. The maximum atomic E-state index is 5.86. The number of hydrogen-bond donors (Lipinski definition) is 2. The maximum absolute atomic E-state index is 5.86. The molecule has 0 spiro atoms. The van der Waals surface area contributed by atoms with E-state index in [2.05, 4.69) is 17.6 Å². The molecule has 2 unspecified atom stereocenters. The van der Waals surface area contributed by atoms with Crippen molar-refractivity contribution in [1.82, 2.24) is 10.6 Å². The molecule has 3 nitrogen and oxygen atoms in total. The van der Waals surface area contributed by atoms with Crippen molar-refractivity contribution in [2.75, 3.05) is 26.2 Å². The lowest BCUT2D eigenvalue weighted by molar-refractivity contribution is -0.0144. The van der Waals surface area contributed by atoms with Crippen LogP contribution in [0, 0.1) is 5.92 Å². The van der Waals surface area contributed by atoms with Crippen molar-refractivity contribution < 1.29 is 4.74 Å². The Morgan fingerprint density at radius 3 is 2.64 bits per heavy atom. The summed E-state index contributed by atoms with van der Waals surface area (Å²) in [7, 11) is 0. The first kappa shape index (κ1) is 10.4. The summed E-state index contributed by atoms with van der Waals surface area (Å²) in [5, 5.41) is 6.88. The zero-order valence-corrected chi connectivity index (χ0v) is 9.09. The molecule has 2 aliphatic rings. The molecular formula is C11H22N2O. The maximum Gasteiger partial charge on any atom is 0.0703 e. The average molecular weight is 198 g/mol. The van der Waals surface area contributed by atoms with E-state index >= 15 is 0 Å². The Bertz CT molecular complexity index is 163. The summed E-state index contributed by atoms with van der Waals surface area (Å²) in [6.07, 6.45) is 4.20. The lowest BCUT2D eigenvalue weighted by atomic mass is 9.95. The van der Waals surface area contributed by atoms with Gasteiger partial charge in [-0.25, -0.2) is 0 Å². The highest BCUT2D eigenvalue weighted by atomic mass is 16.5. The summed E-state index contributed by atoms with van der Waals surface area (Å²) < 4.78 is 5.86. The molecule has 14 heavy (non-hydrogen) atoms. The molecule has 82 valence electrons. The van der Waals surface area contributed by atoms with E-state index in [1.54, 1.807) is 0 Å². The van der Waals surface area contributed by atoms with Gasteiger partial charge in [-0.3, -0.25) is 0 Å². The van der Waals surface area contributed by atoms with Crippen LogP contribution in [0.1, 0.15) is 26.2 Å². The van der Waals surface area contributed by atoms with Crippen LogP contribution in [0.5, 0.6) is 0 Å². The van der Waals surface area contributed by atoms with E-state index in [0.717, 1.165) is 19.1 Å². The lowest BCUT2D eigenvalue weighted by Gasteiger charge is -2.35. The Balaban J connectivity index is 1.62. The van der Waals surface area contributed by atoms with Gasteiger partial charge >= 0.3 is 0 Å². The second-order valence-corrected chi connectivity index (χ2v) is 4.61. The molecule has 0 aromatic rings. The van der Waals surface area contributed by atoms with Crippen LogP contribution >= 0.6 is 0 Å². The summed E-state index contributed by atoms with van der Waals surface area (Å²) >= 11 is 0. The van der Waals surface area contributed by atoms with Crippen LogP contribution < -0.4 is 10.6 Å². The van der Waals surface area contributed by atoms with E-state index in [-0.39, 0.29) is 0 Å². The highest BCUT2D eigenvalue weighted by Gasteiger charge is 2.25. The standard InChI is InChI=1S/C11H22N2O/c1-2-3-10-8-14-11(7-13-10)4-9-5-12-6-9/h9-13H,2-8H2,1H3. The Labute approximate surface area is 86.6 Å². The first-order chi connectivity index (χ1) is 6.88. The van der Waals surface area contributed by atoms with Crippen LogP contribution in [0.25, 0.3) is 0 Å². The Morgan fingerprint density at radius 1 is 1.29 bits per heavy atom. The first-order valence-corrected chi connectivity index (χ1v) is 5.94. The minimum atomic E-state index is 0.468. The quantitative estimate of drug-likeness (QED) is 0.699. The SMILES string of the molecule is CCCC1COC(CC2CNC2)CN1. The van der Waals surface area contributed by atoms with Gasteiger partial charge in [0.05, 0.1) is 12.7 Å². The van der Waals surface area contributed by atoms with Gasteiger partial charge in [0.25, 0.3) is 0 Å². The number of morpholine rings is 1. The van der Waals surface area contributed by atoms with Crippen molar-refractivity contribution in [2.45, 2.75) is 38.3 Å². The summed E-state index contributed by atoms with van der Waals surface area (Å²) in [6, 6.07) is 0.607. The van der Waals surface area contributed by atoms with Crippen LogP contribution in [-0.2, 0) is 4.74 Å². The average Bonchev–Trinajstić information content (AvgIpc) is 2.14. The minimum Gasteiger partial charge on any atom is -0.375 e. The van der Waals surface area contributed by atoms with E-state index in [1.807, 2.05) is 0 Å². The third kappa shape index (κ3) is 2.69. The fourth-order valence-corrected chi connectivity index (χ4v) is 2.24. The minimum absolute atomic E-state index is 0.468. The van der Waals surface area contributed by atoms with Gasteiger partial charge in [0.1, 0.15) is 0 Å². The van der Waals surface area contributed by atoms with Crippen molar-refractivity contribution in [3.05, 3.63) is 0 Å². The molecular weight excluding hydrogens is 176 g/mol.